The van der Waals surface area contributed by atoms with E-state index in [2.05, 4.69) is 0 Å². The zero-order valence-electron chi connectivity index (χ0n) is 17.2. The van der Waals surface area contributed by atoms with E-state index in [0.29, 0.717) is 9.27 Å². The Hall–Kier alpha value is -3.27. The van der Waals surface area contributed by atoms with Crippen LogP contribution in [0.1, 0.15) is 12.5 Å². The predicted molar refractivity (Wildman–Crippen MR) is 121 cm³/mol. The van der Waals surface area contributed by atoms with Gasteiger partial charge in [0.05, 0.1) is 9.79 Å². The van der Waals surface area contributed by atoms with Crippen LogP contribution in [0, 0.1) is 0 Å². The number of carbonyl (C=O) groups is 1. The van der Waals surface area contributed by atoms with Crippen LogP contribution < -0.4 is 4.74 Å². The number of hydrogen-bond donors (Lipinski definition) is 0. The Morgan fingerprint density at radius 3 is 1.75 bits per heavy atom. The molecule has 3 rings (SSSR count). The maximum atomic E-state index is 13.3. The van der Waals surface area contributed by atoms with E-state index in [1.807, 2.05) is 0 Å². The normalized spacial score (nSPS) is 12.2. The van der Waals surface area contributed by atoms with Crippen molar-refractivity contribution in [1.29, 1.82) is 0 Å². The zero-order chi connectivity index (χ0) is 23.2. The van der Waals surface area contributed by atoms with Gasteiger partial charge in [0, 0.05) is 19.0 Å². The van der Waals surface area contributed by atoms with Gasteiger partial charge in [-0.15, -0.1) is 0 Å². The van der Waals surface area contributed by atoms with Crippen LogP contribution >= 0.6 is 0 Å². The Balaban J connectivity index is 2.02. The minimum atomic E-state index is -4.38. The summed E-state index contributed by atoms with van der Waals surface area (Å²) in [5, 5.41) is 0. The summed E-state index contributed by atoms with van der Waals surface area (Å²) in [7, 11) is -8.76. The molecule has 0 saturated heterocycles. The molecule has 0 N–H and O–H groups in total. The highest BCUT2D eigenvalue weighted by molar-refractivity contribution is 8.04. The van der Waals surface area contributed by atoms with Crippen molar-refractivity contribution in [3.8, 4) is 5.75 Å². The van der Waals surface area contributed by atoms with Gasteiger partial charge in [-0.1, -0.05) is 70.5 Å². The van der Waals surface area contributed by atoms with E-state index >= 15 is 0 Å². The molecular formula is C23H21NO6S2. The fourth-order valence-electron chi connectivity index (χ4n) is 2.88. The van der Waals surface area contributed by atoms with Crippen LogP contribution in [0.15, 0.2) is 101 Å². The molecule has 0 bridgehead atoms. The van der Waals surface area contributed by atoms with Crippen molar-refractivity contribution in [2.45, 2.75) is 16.7 Å². The molecule has 9 heteroatoms. The first-order valence-electron chi connectivity index (χ1n) is 9.55. The summed E-state index contributed by atoms with van der Waals surface area (Å²) in [6.45, 7) is 0.809. The van der Waals surface area contributed by atoms with Gasteiger partial charge in [0.15, 0.2) is 0 Å². The van der Waals surface area contributed by atoms with Crippen LogP contribution in [-0.4, -0.2) is 33.1 Å². The summed E-state index contributed by atoms with van der Waals surface area (Å²) in [6, 6.07) is 21.3. The van der Waals surface area contributed by atoms with E-state index in [9.17, 15) is 21.6 Å². The summed E-state index contributed by atoms with van der Waals surface area (Å²) in [5.74, 6) is -0.231. The Kier molecular flexibility index (Phi) is 7.24. The van der Waals surface area contributed by atoms with E-state index in [1.165, 1.54) is 67.6 Å². The van der Waals surface area contributed by atoms with Crippen molar-refractivity contribution < 1.29 is 26.4 Å². The van der Waals surface area contributed by atoms with Crippen LogP contribution in [0.5, 0.6) is 5.75 Å². The average molecular weight is 472 g/mol. The molecule has 0 atom stereocenters. The van der Waals surface area contributed by atoms with Gasteiger partial charge in [-0.05, 0) is 30.3 Å². The lowest BCUT2D eigenvalue weighted by Crippen LogP contribution is -2.37. The number of hydrogen-bond acceptors (Lipinski definition) is 6. The third kappa shape index (κ3) is 5.31. The number of esters is 1. The largest absolute Gasteiger partial charge is 0.426 e. The fraction of sp³-hybridized carbons (Fsp3) is 0.0870. The number of para-hydroxylation sites is 1. The van der Waals surface area contributed by atoms with Crippen molar-refractivity contribution in [3.63, 3.8) is 0 Å². The molecule has 7 nitrogen and oxygen atoms in total. The van der Waals surface area contributed by atoms with Gasteiger partial charge in [-0.2, -0.15) is 0 Å². The lowest BCUT2D eigenvalue weighted by Gasteiger charge is -2.21. The molecule has 0 radical (unpaired) electrons. The molecule has 0 amide bonds. The van der Waals surface area contributed by atoms with Gasteiger partial charge in [0.1, 0.15) is 5.75 Å². The Labute approximate surface area is 187 Å². The molecule has 0 aliphatic carbocycles. The second-order valence-electron chi connectivity index (χ2n) is 6.63. The topological polar surface area (TPSA) is 97.8 Å². The van der Waals surface area contributed by atoms with Crippen LogP contribution in [0.3, 0.4) is 0 Å². The first-order valence-corrected chi connectivity index (χ1v) is 12.4. The second-order valence-corrected chi connectivity index (χ2v) is 10.6. The van der Waals surface area contributed by atoms with E-state index in [4.69, 9.17) is 4.74 Å². The molecule has 0 spiro atoms. The van der Waals surface area contributed by atoms with Gasteiger partial charge in [0.25, 0.3) is 20.0 Å². The molecule has 3 aromatic carbocycles. The minimum Gasteiger partial charge on any atom is -0.426 e. The molecule has 0 aliphatic heterocycles. The van der Waals surface area contributed by atoms with Crippen LogP contribution in [0.2, 0.25) is 0 Å². The molecule has 32 heavy (non-hydrogen) atoms. The Bertz CT molecular complexity index is 1250. The third-order valence-corrected chi connectivity index (χ3v) is 8.63. The molecule has 0 fully saturated rings. The predicted octanol–water partition coefficient (Wildman–Crippen LogP) is 3.70. The van der Waals surface area contributed by atoms with Gasteiger partial charge < -0.3 is 4.74 Å². The quantitative estimate of drug-likeness (QED) is 0.367. The monoisotopic (exact) mass is 471 g/mol. The number of sulfonamides is 2. The standard InChI is InChI=1S/C23H21NO6S2/c1-19(25)30-23-17-9-8-11-20(23)12-10-18-24(31(26,27)21-13-4-2-5-14-21)32(28,29)22-15-6-3-7-16-22/h2-17H,18H2,1H3/b12-10+. The minimum absolute atomic E-state index is 0.145. The van der Waals surface area contributed by atoms with Gasteiger partial charge >= 0.3 is 5.97 Å². The average Bonchev–Trinajstić information content (AvgIpc) is 2.78. The van der Waals surface area contributed by atoms with Crippen molar-refractivity contribution >= 4 is 32.1 Å². The molecule has 3 aromatic rings. The Morgan fingerprint density at radius 1 is 0.781 bits per heavy atom. The molecule has 0 aliphatic rings. The van der Waals surface area contributed by atoms with E-state index < -0.39 is 32.6 Å². The highest BCUT2D eigenvalue weighted by atomic mass is 32.3. The summed E-state index contributed by atoms with van der Waals surface area (Å²) in [5.41, 5.74) is 0.497. The number of ether oxygens (including phenoxy) is 1. The molecule has 0 saturated carbocycles. The highest BCUT2D eigenvalue weighted by Gasteiger charge is 2.35. The summed E-state index contributed by atoms with van der Waals surface area (Å²) in [4.78, 5) is 11.0. The first-order chi connectivity index (χ1) is 15.2. The number of benzene rings is 3. The zero-order valence-corrected chi connectivity index (χ0v) is 18.8. The molecule has 0 unspecified atom stereocenters. The lowest BCUT2D eigenvalue weighted by molar-refractivity contribution is -0.131. The maximum absolute atomic E-state index is 13.3. The van der Waals surface area contributed by atoms with E-state index in [0.717, 1.165) is 0 Å². The van der Waals surface area contributed by atoms with Crippen molar-refractivity contribution in [3.05, 3.63) is 96.6 Å². The second kappa shape index (κ2) is 9.90. The Morgan fingerprint density at radius 2 is 1.25 bits per heavy atom. The van der Waals surface area contributed by atoms with Gasteiger partial charge in [0.2, 0.25) is 0 Å². The van der Waals surface area contributed by atoms with Crippen LogP contribution in [0.25, 0.3) is 6.08 Å². The third-order valence-electron chi connectivity index (χ3n) is 4.34. The lowest BCUT2D eigenvalue weighted by atomic mass is 10.2. The fourth-order valence-corrected chi connectivity index (χ4v) is 6.46. The van der Waals surface area contributed by atoms with Gasteiger partial charge in [-0.3, -0.25) is 4.79 Å². The van der Waals surface area contributed by atoms with E-state index in [-0.39, 0.29) is 15.5 Å². The van der Waals surface area contributed by atoms with Crippen molar-refractivity contribution in [2.75, 3.05) is 6.54 Å². The number of nitrogens with zero attached hydrogens (tertiary/aromatic N) is 1. The highest BCUT2D eigenvalue weighted by Crippen LogP contribution is 2.25. The summed E-state index contributed by atoms with van der Waals surface area (Å²) in [6.07, 6.45) is 2.90. The van der Waals surface area contributed by atoms with Crippen molar-refractivity contribution in [2.24, 2.45) is 0 Å². The first kappa shape index (κ1) is 23.4. The molecule has 0 aromatic heterocycles. The molecule has 166 valence electrons. The number of carbonyl (C=O) groups excluding carboxylic acids is 1. The van der Waals surface area contributed by atoms with Crippen LogP contribution in [0.4, 0.5) is 0 Å². The maximum Gasteiger partial charge on any atom is 0.308 e. The van der Waals surface area contributed by atoms with Crippen molar-refractivity contribution in [1.82, 2.24) is 3.71 Å². The SMILES string of the molecule is CC(=O)Oc1ccccc1/C=C/CN(S(=O)(=O)c1ccccc1)S(=O)(=O)c1ccccc1. The van der Waals surface area contributed by atoms with Gasteiger partial charge in [-0.25, -0.2) is 16.8 Å². The molecular weight excluding hydrogens is 450 g/mol. The van der Waals surface area contributed by atoms with E-state index in [1.54, 1.807) is 36.4 Å². The smallest absolute Gasteiger partial charge is 0.308 e. The number of rotatable bonds is 8. The summed E-state index contributed by atoms with van der Waals surface area (Å²) < 4.78 is 58.6. The molecule has 0 heterocycles. The van der Waals surface area contributed by atoms with Crippen LogP contribution in [-0.2, 0) is 24.8 Å². The summed E-state index contributed by atoms with van der Waals surface area (Å²) >= 11 is 0.